The first-order valence-corrected chi connectivity index (χ1v) is 6.89. The van der Waals surface area contributed by atoms with Crippen LogP contribution in [0.25, 0.3) is 0 Å². The van der Waals surface area contributed by atoms with Crippen LogP contribution in [0.3, 0.4) is 0 Å². The van der Waals surface area contributed by atoms with Crippen LogP contribution < -0.4 is 4.72 Å². The highest BCUT2D eigenvalue weighted by Gasteiger charge is 2.25. The Morgan fingerprint density at radius 2 is 1.92 bits per heavy atom. The molecule has 1 aliphatic rings. The predicted molar refractivity (Wildman–Crippen MR) is 54.0 cm³/mol. The molecule has 0 heterocycles. The monoisotopic (exact) mass is 205 g/mol. The minimum absolute atomic E-state index is 0.189. The van der Waals surface area contributed by atoms with Gasteiger partial charge in [0.1, 0.15) is 0 Å². The Labute approximate surface area is 81.0 Å². The highest BCUT2D eigenvalue weighted by molar-refractivity contribution is 7.88. The zero-order valence-corrected chi connectivity index (χ0v) is 9.23. The summed E-state index contributed by atoms with van der Waals surface area (Å²) in [6, 6.07) is 0.189. The summed E-state index contributed by atoms with van der Waals surface area (Å²) >= 11 is 0. The average Bonchev–Trinajstić information content (AvgIpc) is 2.02. The minimum atomic E-state index is -3.02. The fourth-order valence-corrected chi connectivity index (χ4v) is 2.99. The molecule has 0 saturated heterocycles. The average molecular weight is 205 g/mol. The Morgan fingerprint density at radius 3 is 2.46 bits per heavy atom. The second kappa shape index (κ2) is 4.42. The Hall–Kier alpha value is -0.0900. The molecule has 1 fully saturated rings. The van der Waals surface area contributed by atoms with Crippen LogP contribution in [0.1, 0.15) is 39.0 Å². The molecule has 13 heavy (non-hydrogen) atoms. The van der Waals surface area contributed by atoms with E-state index >= 15 is 0 Å². The maximum atomic E-state index is 11.0. The topological polar surface area (TPSA) is 46.2 Å². The summed E-state index contributed by atoms with van der Waals surface area (Å²) in [5.41, 5.74) is 0. The normalized spacial score (nSPS) is 30.3. The molecule has 1 N–H and O–H groups in total. The minimum Gasteiger partial charge on any atom is -0.213 e. The largest absolute Gasteiger partial charge is 0.213 e. The molecule has 0 spiro atoms. The molecular formula is C9H19NO2S. The smallest absolute Gasteiger partial charge is 0.208 e. The molecule has 1 rings (SSSR count). The summed E-state index contributed by atoms with van der Waals surface area (Å²) < 4.78 is 24.8. The summed E-state index contributed by atoms with van der Waals surface area (Å²) in [7, 11) is -3.02. The van der Waals surface area contributed by atoms with Gasteiger partial charge in [0.2, 0.25) is 10.0 Å². The van der Waals surface area contributed by atoms with Crippen LogP contribution in [-0.4, -0.2) is 20.7 Å². The molecule has 0 aliphatic heterocycles. The highest BCUT2D eigenvalue weighted by atomic mass is 32.2. The zero-order chi connectivity index (χ0) is 9.90. The molecule has 0 aromatic heterocycles. The van der Waals surface area contributed by atoms with E-state index in [-0.39, 0.29) is 6.04 Å². The van der Waals surface area contributed by atoms with Crippen LogP contribution in [0.5, 0.6) is 0 Å². The lowest BCUT2D eigenvalue weighted by Crippen LogP contribution is -2.41. The molecule has 1 aliphatic carbocycles. The van der Waals surface area contributed by atoms with Gasteiger partial charge in [-0.15, -0.1) is 0 Å². The van der Waals surface area contributed by atoms with Crippen molar-refractivity contribution in [3.05, 3.63) is 0 Å². The van der Waals surface area contributed by atoms with E-state index in [1.165, 1.54) is 19.1 Å². The number of hydrogen-bond donors (Lipinski definition) is 1. The third-order valence-corrected chi connectivity index (χ3v) is 3.53. The number of hydrogen-bond acceptors (Lipinski definition) is 2. The van der Waals surface area contributed by atoms with Gasteiger partial charge in [-0.3, -0.25) is 0 Å². The molecule has 78 valence electrons. The number of rotatable bonds is 3. The van der Waals surface area contributed by atoms with Gasteiger partial charge >= 0.3 is 0 Å². The SMILES string of the molecule is CC[C@H]1CCCC[C@@H]1NS(C)(=O)=O. The first-order valence-electron chi connectivity index (χ1n) is 5.00. The molecule has 0 radical (unpaired) electrons. The Bertz CT molecular complexity index is 248. The van der Waals surface area contributed by atoms with Crippen molar-refractivity contribution >= 4 is 10.0 Å². The summed E-state index contributed by atoms with van der Waals surface area (Å²) in [6.45, 7) is 2.13. The fraction of sp³-hybridized carbons (Fsp3) is 1.00. The molecule has 0 aromatic carbocycles. The molecule has 2 atom stereocenters. The molecular weight excluding hydrogens is 186 g/mol. The van der Waals surface area contributed by atoms with Gasteiger partial charge in [0.15, 0.2) is 0 Å². The van der Waals surface area contributed by atoms with Crippen LogP contribution in [0, 0.1) is 5.92 Å². The Balaban J connectivity index is 2.55. The maximum Gasteiger partial charge on any atom is 0.208 e. The molecule has 0 aromatic rings. The van der Waals surface area contributed by atoms with Crippen molar-refractivity contribution in [2.75, 3.05) is 6.26 Å². The van der Waals surface area contributed by atoms with E-state index in [2.05, 4.69) is 11.6 Å². The van der Waals surface area contributed by atoms with Gasteiger partial charge in [-0.2, -0.15) is 0 Å². The molecule has 0 amide bonds. The first kappa shape index (κ1) is 11.0. The number of sulfonamides is 1. The van der Waals surface area contributed by atoms with Crippen LogP contribution in [0.2, 0.25) is 0 Å². The van der Waals surface area contributed by atoms with Gasteiger partial charge in [-0.1, -0.05) is 26.2 Å². The van der Waals surface area contributed by atoms with E-state index in [1.54, 1.807) is 0 Å². The van der Waals surface area contributed by atoms with Crippen molar-refractivity contribution in [3.63, 3.8) is 0 Å². The van der Waals surface area contributed by atoms with E-state index in [0.29, 0.717) is 5.92 Å². The summed E-state index contributed by atoms with van der Waals surface area (Å²) in [4.78, 5) is 0. The van der Waals surface area contributed by atoms with Gasteiger partial charge in [0.25, 0.3) is 0 Å². The lowest BCUT2D eigenvalue weighted by atomic mass is 9.83. The van der Waals surface area contributed by atoms with Crippen molar-refractivity contribution in [3.8, 4) is 0 Å². The third kappa shape index (κ3) is 3.65. The van der Waals surface area contributed by atoms with Crippen molar-refractivity contribution in [2.24, 2.45) is 5.92 Å². The summed E-state index contributed by atoms with van der Waals surface area (Å²) in [5, 5.41) is 0. The van der Waals surface area contributed by atoms with Gasteiger partial charge in [-0.05, 0) is 18.8 Å². The number of nitrogens with one attached hydrogen (secondary N) is 1. The molecule has 3 nitrogen and oxygen atoms in total. The van der Waals surface area contributed by atoms with E-state index in [9.17, 15) is 8.42 Å². The molecule has 0 bridgehead atoms. The Kier molecular flexibility index (Phi) is 3.74. The lowest BCUT2D eigenvalue weighted by Gasteiger charge is -2.30. The predicted octanol–water partition coefficient (Wildman–Crippen LogP) is 1.50. The fourth-order valence-electron chi connectivity index (χ4n) is 2.13. The van der Waals surface area contributed by atoms with Gasteiger partial charge in [0.05, 0.1) is 6.26 Å². The van der Waals surface area contributed by atoms with Crippen LogP contribution in [-0.2, 0) is 10.0 Å². The summed E-state index contributed by atoms with van der Waals surface area (Å²) in [5.74, 6) is 0.545. The highest BCUT2D eigenvalue weighted by Crippen LogP contribution is 2.26. The van der Waals surface area contributed by atoms with Crippen molar-refractivity contribution < 1.29 is 8.42 Å². The van der Waals surface area contributed by atoms with E-state index in [0.717, 1.165) is 19.3 Å². The van der Waals surface area contributed by atoms with Crippen LogP contribution >= 0.6 is 0 Å². The molecule has 1 saturated carbocycles. The second-order valence-electron chi connectivity index (χ2n) is 3.95. The van der Waals surface area contributed by atoms with Crippen LogP contribution in [0.15, 0.2) is 0 Å². The third-order valence-electron chi connectivity index (χ3n) is 2.80. The van der Waals surface area contributed by atoms with Gasteiger partial charge in [0, 0.05) is 6.04 Å². The lowest BCUT2D eigenvalue weighted by molar-refractivity contribution is 0.282. The van der Waals surface area contributed by atoms with Crippen molar-refractivity contribution in [2.45, 2.75) is 45.1 Å². The second-order valence-corrected chi connectivity index (χ2v) is 5.73. The quantitative estimate of drug-likeness (QED) is 0.759. The zero-order valence-electron chi connectivity index (χ0n) is 8.41. The van der Waals surface area contributed by atoms with E-state index in [4.69, 9.17) is 0 Å². The van der Waals surface area contributed by atoms with E-state index < -0.39 is 10.0 Å². The van der Waals surface area contributed by atoms with Crippen molar-refractivity contribution in [1.29, 1.82) is 0 Å². The standard InChI is InChI=1S/C9H19NO2S/c1-3-8-6-4-5-7-9(8)10-13(2,11)12/h8-10H,3-7H2,1-2H3/t8-,9-/m0/s1. The molecule has 4 heteroatoms. The maximum absolute atomic E-state index is 11.0. The van der Waals surface area contributed by atoms with Crippen molar-refractivity contribution in [1.82, 2.24) is 4.72 Å². The first-order chi connectivity index (χ1) is 6.03. The van der Waals surface area contributed by atoms with E-state index in [1.807, 2.05) is 0 Å². The van der Waals surface area contributed by atoms with Gasteiger partial charge in [-0.25, -0.2) is 13.1 Å². The summed E-state index contributed by atoms with van der Waals surface area (Å²) in [6.07, 6.45) is 6.90. The van der Waals surface area contributed by atoms with Crippen LogP contribution in [0.4, 0.5) is 0 Å². The molecule has 0 unspecified atom stereocenters. The van der Waals surface area contributed by atoms with Gasteiger partial charge < -0.3 is 0 Å². The Morgan fingerprint density at radius 1 is 1.31 bits per heavy atom.